The molecule has 0 saturated heterocycles. The highest BCUT2D eigenvalue weighted by Crippen LogP contribution is 2.43. The Hall–Kier alpha value is -4.82. The van der Waals surface area contributed by atoms with Crippen LogP contribution in [0.5, 0.6) is 0 Å². The van der Waals surface area contributed by atoms with Crippen LogP contribution in [-0.2, 0) is 16.1 Å². The Morgan fingerprint density at radius 2 is 1.68 bits per heavy atom. The van der Waals surface area contributed by atoms with E-state index in [1.807, 2.05) is 29.8 Å². The van der Waals surface area contributed by atoms with E-state index in [1.54, 1.807) is 12.1 Å². The number of hydrogen-bond acceptors (Lipinski definition) is 5. The second kappa shape index (κ2) is 9.24. The van der Waals surface area contributed by atoms with Crippen molar-refractivity contribution in [3.63, 3.8) is 0 Å². The number of nitrogens with zero attached hydrogens (tertiary/aromatic N) is 2. The van der Waals surface area contributed by atoms with Crippen LogP contribution in [0.1, 0.15) is 12.0 Å². The first-order valence-electron chi connectivity index (χ1n) is 12.4. The van der Waals surface area contributed by atoms with Gasteiger partial charge < -0.3 is 9.88 Å². The third kappa shape index (κ3) is 3.74. The van der Waals surface area contributed by atoms with Crippen LogP contribution in [-0.4, -0.2) is 34.9 Å². The van der Waals surface area contributed by atoms with Crippen molar-refractivity contribution in [3.05, 3.63) is 94.6 Å². The summed E-state index contributed by atoms with van der Waals surface area (Å²) >= 11 is 0. The summed E-state index contributed by atoms with van der Waals surface area (Å²) in [5, 5.41) is 22.5. The number of nitro groups is 1. The van der Waals surface area contributed by atoms with Gasteiger partial charge >= 0.3 is 0 Å². The largest absolute Gasteiger partial charge is 0.334 e. The third-order valence-corrected chi connectivity index (χ3v) is 7.11. The van der Waals surface area contributed by atoms with Gasteiger partial charge in [-0.1, -0.05) is 60.7 Å². The fourth-order valence-electron chi connectivity index (χ4n) is 5.51. The van der Waals surface area contributed by atoms with Crippen LogP contribution >= 0.6 is 0 Å². The van der Waals surface area contributed by atoms with Crippen molar-refractivity contribution in [1.82, 2.24) is 15.2 Å². The van der Waals surface area contributed by atoms with E-state index in [4.69, 9.17) is 0 Å². The van der Waals surface area contributed by atoms with Crippen LogP contribution in [0.3, 0.4) is 0 Å². The number of nitrogens with one attached hydrogen (secondary N) is 2. The maximum atomic E-state index is 12.9. The minimum atomic E-state index is -0.510. The van der Waals surface area contributed by atoms with Crippen molar-refractivity contribution in [2.75, 3.05) is 13.6 Å². The lowest BCUT2D eigenvalue weighted by molar-refractivity contribution is -0.383. The Morgan fingerprint density at radius 1 is 0.921 bits per heavy atom. The molecule has 0 bridgehead atoms. The molecule has 5 aromatic rings. The Labute approximate surface area is 217 Å². The maximum Gasteiger partial charge on any atom is 0.293 e. The summed E-state index contributed by atoms with van der Waals surface area (Å²) in [5.74, 6) is -1.01. The third-order valence-electron chi connectivity index (χ3n) is 7.11. The molecule has 8 heteroatoms. The Morgan fingerprint density at radius 3 is 2.45 bits per heavy atom. The van der Waals surface area contributed by atoms with Gasteiger partial charge in [-0.3, -0.25) is 25.0 Å². The summed E-state index contributed by atoms with van der Waals surface area (Å²) in [7, 11) is 1.86. The van der Waals surface area contributed by atoms with Crippen molar-refractivity contribution < 1.29 is 14.5 Å². The fourth-order valence-corrected chi connectivity index (χ4v) is 5.51. The molecule has 0 unspecified atom stereocenters. The zero-order valence-corrected chi connectivity index (χ0v) is 20.7. The van der Waals surface area contributed by atoms with Crippen LogP contribution in [0.15, 0.2) is 78.9 Å². The predicted molar refractivity (Wildman–Crippen MR) is 149 cm³/mol. The van der Waals surface area contributed by atoms with Gasteiger partial charge in [0.1, 0.15) is 5.52 Å². The van der Waals surface area contributed by atoms with Gasteiger partial charge in [-0.05, 0) is 53.2 Å². The first kappa shape index (κ1) is 23.6. The van der Waals surface area contributed by atoms with Crippen molar-refractivity contribution >= 4 is 55.5 Å². The molecule has 4 aromatic carbocycles. The molecule has 1 aliphatic rings. The first-order chi connectivity index (χ1) is 18.5. The molecule has 188 valence electrons. The second-order valence-corrected chi connectivity index (χ2v) is 9.36. The van der Waals surface area contributed by atoms with E-state index in [9.17, 15) is 19.7 Å². The van der Waals surface area contributed by atoms with Gasteiger partial charge in [0, 0.05) is 29.6 Å². The van der Waals surface area contributed by atoms with Gasteiger partial charge in [-0.2, -0.15) is 0 Å². The summed E-state index contributed by atoms with van der Waals surface area (Å²) in [4.78, 5) is 36.8. The average molecular weight is 505 g/mol. The standard InChI is InChI=1S/C30H24N4O4/c1-31-14-5-15-33-28(20-12-13-22-19(16-20)11-10-18-6-2-3-7-21(18)22)27(24-17-26(35)32-30(24)36)23-8-4-9-25(29(23)33)34(37)38/h2-4,6-13,16-17,31H,5,14-15H2,1H3,(H,32,35,36). The summed E-state index contributed by atoms with van der Waals surface area (Å²) in [6, 6.07) is 23.3. The highest BCUT2D eigenvalue weighted by atomic mass is 16.6. The Balaban J connectivity index is 1.70. The van der Waals surface area contributed by atoms with Crippen LogP contribution < -0.4 is 10.6 Å². The molecule has 38 heavy (non-hydrogen) atoms. The number of aryl methyl sites for hydroxylation is 1. The van der Waals surface area contributed by atoms with Crippen molar-refractivity contribution in [2.45, 2.75) is 13.0 Å². The van der Waals surface area contributed by atoms with Gasteiger partial charge in [0.25, 0.3) is 17.5 Å². The highest BCUT2D eigenvalue weighted by Gasteiger charge is 2.32. The number of carbonyl (C=O) groups excluding carboxylic acids is 2. The summed E-state index contributed by atoms with van der Waals surface area (Å²) in [6.45, 7) is 1.19. The van der Waals surface area contributed by atoms with Gasteiger partial charge in [0.05, 0.1) is 16.2 Å². The number of carbonyl (C=O) groups is 2. The molecule has 8 nitrogen and oxygen atoms in total. The quantitative estimate of drug-likeness (QED) is 0.105. The molecule has 2 N–H and O–H groups in total. The lowest BCUT2D eigenvalue weighted by Crippen LogP contribution is -2.21. The zero-order chi connectivity index (χ0) is 26.4. The number of imide groups is 1. The lowest BCUT2D eigenvalue weighted by atomic mass is 9.95. The summed E-state index contributed by atoms with van der Waals surface area (Å²) in [5.41, 5.74) is 2.61. The molecule has 2 amide bonds. The number of para-hydroxylation sites is 1. The van der Waals surface area contributed by atoms with E-state index in [-0.39, 0.29) is 11.3 Å². The number of amides is 2. The van der Waals surface area contributed by atoms with Crippen LogP contribution in [0.25, 0.3) is 49.3 Å². The maximum absolute atomic E-state index is 12.9. The average Bonchev–Trinajstić information content (AvgIpc) is 3.43. The minimum absolute atomic E-state index is 0.0448. The number of nitro benzene ring substituents is 1. The smallest absolute Gasteiger partial charge is 0.293 e. The van der Waals surface area contributed by atoms with Gasteiger partial charge in [0.2, 0.25) is 0 Å². The lowest BCUT2D eigenvalue weighted by Gasteiger charge is -2.14. The van der Waals surface area contributed by atoms with E-state index >= 15 is 0 Å². The number of rotatable bonds is 7. The summed E-state index contributed by atoms with van der Waals surface area (Å²) in [6.07, 6.45) is 1.99. The number of hydrogen-bond donors (Lipinski definition) is 2. The van der Waals surface area contributed by atoms with Crippen LogP contribution in [0.4, 0.5) is 5.69 Å². The number of non-ortho nitro benzene ring substituents is 1. The molecule has 0 saturated carbocycles. The van der Waals surface area contributed by atoms with Crippen molar-refractivity contribution in [3.8, 4) is 11.3 Å². The Bertz CT molecular complexity index is 1830. The van der Waals surface area contributed by atoms with E-state index in [2.05, 4.69) is 47.0 Å². The molecule has 0 atom stereocenters. The van der Waals surface area contributed by atoms with Crippen molar-refractivity contribution in [1.29, 1.82) is 0 Å². The summed E-state index contributed by atoms with van der Waals surface area (Å²) < 4.78 is 1.93. The second-order valence-electron chi connectivity index (χ2n) is 9.36. The predicted octanol–water partition coefficient (Wildman–Crippen LogP) is 5.17. The first-order valence-corrected chi connectivity index (χ1v) is 12.4. The molecule has 1 aliphatic heterocycles. The topological polar surface area (TPSA) is 106 Å². The zero-order valence-electron chi connectivity index (χ0n) is 20.7. The molecule has 6 rings (SSSR count). The monoisotopic (exact) mass is 504 g/mol. The SMILES string of the molecule is CNCCCn1c(-c2ccc3c(ccc4ccccc43)c2)c(C2=CC(=O)NC2=O)c2cccc([N+](=O)[O-])c21. The highest BCUT2D eigenvalue weighted by molar-refractivity contribution is 6.36. The van der Waals surface area contributed by atoms with E-state index in [0.717, 1.165) is 27.1 Å². The minimum Gasteiger partial charge on any atom is -0.334 e. The molecule has 0 spiro atoms. The molecule has 0 aliphatic carbocycles. The number of aromatic nitrogens is 1. The molecule has 2 heterocycles. The Kier molecular flexibility index (Phi) is 5.73. The van der Waals surface area contributed by atoms with E-state index in [1.165, 1.54) is 12.1 Å². The molecular formula is C30H24N4O4. The van der Waals surface area contributed by atoms with Crippen LogP contribution in [0, 0.1) is 10.1 Å². The molecule has 0 radical (unpaired) electrons. The number of benzene rings is 4. The fraction of sp³-hybridized carbons (Fsp3) is 0.133. The van der Waals surface area contributed by atoms with E-state index < -0.39 is 16.7 Å². The number of fused-ring (bicyclic) bond motifs is 4. The normalized spacial score (nSPS) is 13.4. The molecule has 1 aromatic heterocycles. The van der Waals surface area contributed by atoms with Crippen LogP contribution in [0.2, 0.25) is 0 Å². The van der Waals surface area contributed by atoms with Crippen molar-refractivity contribution in [2.24, 2.45) is 0 Å². The van der Waals surface area contributed by atoms with Gasteiger partial charge in [-0.15, -0.1) is 0 Å². The molecular weight excluding hydrogens is 480 g/mol. The van der Waals surface area contributed by atoms with Gasteiger partial charge in [-0.25, -0.2) is 0 Å². The van der Waals surface area contributed by atoms with Gasteiger partial charge in [0.15, 0.2) is 0 Å². The molecule has 0 fully saturated rings. The van der Waals surface area contributed by atoms with E-state index in [0.29, 0.717) is 41.7 Å².